The molecular weight excluding hydrogens is 398 g/mol. The first-order chi connectivity index (χ1) is 14.2. The summed E-state index contributed by atoms with van der Waals surface area (Å²) in [5.41, 5.74) is 8.50. The second-order valence-electron chi connectivity index (χ2n) is 9.07. The molecule has 0 heterocycles. The van der Waals surface area contributed by atoms with Crippen molar-refractivity contribution in [3.63, 3.8) is 0 Å². The number of aryl methyl sites for hydroxylation is 4. The number of fused-ring (bicyclic) bond motifs is 2. The highest BCUT2D eigenvalue weighted by molar-refractivity contribution is 7.65. The standard InChI is InChI=1S/C28H32P2/c1-17-9-11-23-21(13-17)15-19(3)27(29(5)6)25(23)26-24-12-10-18(2)14-22(24)16-20(4)28(26)30(7)8/h9-16H,1-8H3. The fourth-order valence-corrected chi connectivity index (χ4v) is 7.87. The van der Waals surface area contributed by atoms with Gasteiger partial charge in [0.05, 0.1) is 0 Å². The number of hydrogen-bond acceptors (Lipinski definition) is 0. The molecule has 0 amide bonds. The second kappa shape index (κ2) is 8.07. The van der Waals surface area contributed by atoms with Gasteiger partial charge in [0.2, 0.25) is 0 Å². The Morgan fingerprint density at radius 3 is 1.20 bits per heavy atom. The molecule has 0 aliphatic rings. The van der Waals surface area contributed by atoms with Crippen LogP contribution in [0.2, 0.25) is 0 Å². The van der Waals surface area contributed by atoms with E-state index >= 15 is 0 Å². The molecule has 0 atom stereocenters. The smallest absolute Gasteiger partial charge is 0.00132 e. The van der Waals surface area contributed by atoms with Crippen molar-refractivity contribution in [1.82, 2.24) is 0 Å². The van der Waals surface area contributed by atoms with Crippen LogP contribution in [-0.4, -0.2) is 26.7 Å². The summed E-state index contributed by atoms with van der Waals surface area (Å²) in [5, 5.41) is 8.67. The molecule has 0 radical (unpaired) electrons. The molecular formula is C28H32P2. The highest BCUT2D eigenvalue weighted by atomic mass is 31.1. The number of hydrogen-bond donors (Lipinski definition) is 0. The van der Waals surface area contributed by atoms with Crippen LogP contribution in [0.25, 0.3) is 32.7 Å². The van der Waals surface area contributed by atoms with Crippen molar-refractivity contribution in [3.8, 4) is 11.1 Å². The lowest BCUT2D eigenvalue weighted by Crippen LogP contribution is -2.17. The molecule has 0 saturated carbocycles. The first-order valence-electron chi connectivity index (χ1n) is 10.6. The van der Waals surface area contributed by atoms with Gasteiger partial charge in [-0.3, -0.25) is 0 Å². The molecule has 0 spiro atoms. The van der Waals surface area contributed by atoms with Crippen LogP contribution in [0.4, 0.5) is 0 Å². The number of benzene rings is 4. The molecule has 0 aromatic heterocycles. The molecule has 0 unspecified atom stereocenters. The summed E-state index contributed by atoms with van der Waals surface area (Å²) in [6.45, 7) is 18.6. The molecule has 154 valence electrons. The second-order valence-corrected chi connectivity index (χ2v) is 13.5. The third-order valence-corrected chi connectivity index (χ3v) is 9.00. The molecule has 2 heteroatoms. The van der Waals surface area contributed by atoms with Gasteiger partial charge in [-0.15, -0.1) is 0 Å². The van der Waals surface area contributed by atoms with Gasteiger partial charge in [-0.2, -0.15) is 0 Å². The minimum absolute atomic E-state index is 0.237. The zero-order chi connectivity index (χ0) is 21.7. The van der Waals surface area contributed by atoms with Gasteiger partial charge in [-0.1, -0.05) is 75.5 Å². The van der Waals surface area contributed by atoms with Gasteiger partial charge in [0.15, 0.2) is 0 Å². The van der Waals surface area contributed by atoms with Crippen LogP contribution in [0.5, 0.6) is 0 Å². The average Bonchev–Trinajstić information content (AvgIpc) is 2.64. The average molecular weight is 431 g/mol. The molecule has 0 bridgehead atoms. The zero-order valence-electron chi connectivity index (χ0n) is 19.5. The van der Waals surface area contributed by atoms with Gasteiger partial charge in [0, 0.05) is 0 Å². The van der Waals surface area contributed by atoms with Crippen LogP contribution >= 0.6 is 15.8 Å². The molecule has 4 aromatic rings. The molecule has 0 aliphatic heterocycles. The Morgan fingerprint density at radius 1 is 0.500 bits per heavy atom. The quantitative estimate of drug-likeness (QED) is 0.293. The van der Waals surface area contributed by atoms with Crippen LogP contribution < -0.4 is 10.6 Å². The molecule has 4 rings (SSSR count). The molecule has 0 saturated heterocycles. The lowest BCUT2D eigenvalue weighted by Gasteiger charge is -2.26. The Morgan fingerprint density at radius 2 is 0.867 bits per heavy atom. The third kappa shape index (κ3) is 3.60. The third-order valence-electron chi connectivity index (χ3n) is 6.06. The van der Waals surface area contributed by atoms with Gasteiger partial charge < -0.3 is 0 Å². The predicted molar refractivity (Wildman–Crippen MR) is 143 cm³/mol. The van der Waals surface area contributed by atoms with Crippen LogP contribution in [-0.2, 0) is 0 Å². The Labute approximate surface area is 184 Å². The maximum Gasteiger partial charge on any atom is -0.00132 e. The summed E-state index contributed by atoms with van der Waals surface area (Å²) < 4.78 is 0. The molecule has 4 aromatic carbocycles. The largest absolute Gasteiger partial charge is 0.0807 e. The maximum absolute atomic E-state index is 2.41. The monoisotopic (exact) mass is 430 g/mol. The highest BCUT2D eigenvalue weighted by Gasteiger charge is 2.23. The van der Waals surface area contributed by atoms with E-state index in [1.54, 1.807) is 10.6 Å². The van der Waals surface area contributed by atoms with Crippen molar-refractivity contribution in [2.24, 2.45) is 0 Å². The van der Waals surface area contributed by atoms with Crippen molar-refractivity contribution in [2.75, 3.05) is 26.7 Å². The van der Waals surface area contributed by atoms with Crippen molar-refractivity contribution in [3.05, 3.63) is 70.8 Å². The zero-order valence-corrected chi connectivity index (χ0v) is 21.3. The Hall–Kier alpha value is -1.74. The van der Waals surface area contributed by atoms with Crippen LogP contribution in [0.15, 0.2) is 48.5 Å². The van der Waals surface area contributed by atoms with Crippen LogP contribution in [0.1, 0.15) is 22.3 Å². The predicted octanol–water partition coefficient (Wildman–Crippen LogP) is 7.63. The molecule has 0 nitrogen and oxygen atoms in total. The first kappa shape index (κ1) is 21.5. The molecule has 0 aliphatic carbocycles. The van der Waals surface area contributed by atoms with Crippen molar-refractivity contribution in [1.29, 1.82) is 0 Å². The van der Waals surface area contributed by atoms with E-state index in [9.17, 15) is 0 Å². The van der Waals surface area contributed by atoms with E-state index in [0.717, 1.165) is 0 Å². The summed E-state index contributed by atoms with van der Waals surface area (Å²) in [7, 11) is -0.475. The lowest BCUT2D eigenvalue weighted by atomic mass is 9.90. The van der Waals surface area contributed by atoms with Gasteiger partial charge in [-0.25, -0.2) is 0 Å². The number of rotatable bonds is 3. The summed E-state index contributed by atoms with van der Waals surface area (Å²) in [4.78, 5) is 0. The van der Waals surface area contributed by atoms with E-state index in [-0.39, 0.29) is 15.8 Å². The van der Waals surface area contributed by atoms with Gasteiger partial charge in [0.25, 0.3) is 0 Å². The van der Waals surface area contributed by atoms with Gasteiger partial charge >= 0.3 is 0 Å². The van der Waals surface area contributed by atoms with Gasteiger partial charge in [-0.05, 0) is 109 Å². The van der Waals surface area contributed by atoms with E-state index in [0.29, 0.717) is 0 Å². The van der Waals surface area contributed by atoms with E-state index in [1.165, 1.54) is 54.9 Å². The Kier molecular flexibility index (Phi) is 5.78. The topological polar surface area (TPSA) is 0 Å². The summed E-state index contributed by atoms with van der Waals surface area (Å²) in [5.74, 6) is 0. The first-order valence-corrected chi connectivity index (χ1v) is 15.1. The summed E-state index contributed by atoms with van der Waals surface area (Å²) in [6, 6.07) is 18.8. The maximum atomic E-state index is 2.41. The van der Waals surface area contributed by atoms with Crippen molar-refractivity contribution < 1.29 is 0 Å². The van der Waals surface area contributed by atoms with E-state index in [4.69, 9.17) is 0 Å². The van der Waals surface area contributed by atoms with E-state index in [2.05, 4.69) is 103 Å². The molecule has 0 fully saturated rings. The Bertz CT molecular complexity index is 1180. The summed E-state index contributed by atoms with van der Waals surface area (Å²) >= 11 is 0. The van der Waals surface area contributed by atoms with Crippen molar-refractivity contribution in [2.45, 2.75) is 27.7 Å². The normalized spacial score (nSPS) is 11.9. The Balaban J connectivity index is 2.31. The van der Waals surface area contributed by atoms with Crippen LogP contribution in [0, 0.1) is 27.7 Å². The highest BCUT2D eigenvalue weighted by Crippen LogP contribution is 2.44. The fourth-order valence-electron chi connectivity index (χ4n) is 4.97. The van der Waals surface area contributed by atoms with Crippen molar-refractivity contribution >= 4 is 48.0 Å². The molecule has 0 N–H and O–H groups in total. The van der Waals surface area contributed by atoms with Crippen LogP contribution in [0.3, 0.4) is 0 Å². The molecule has 30 heavy (non-hydrogen) atoms. The van der Waals surface area contributed by atoms with Gasteiger partial charge in [0.1, 0.15) is 0 Å². The van der Waals surface area contributed by atoms with E-state index in [1.807, 2.05) is 0 Å². The minimum atomic E-state index is -0.237. The SMILES string of the molecule is Cc1ccc2c(-c3c(P(C)C)c(C)cc4cc(C)ccc34)c(P(C)C)c(C)cc2c1. The lowest BCUT2D eigenvalue weighted by molar-refractivity contribution is 1.48. The minimum Gasteiger partial charge on any atom is -0.0807 e. The van der Waals surface area contributed by atoms with E-state index < -0.39 is 0 Å². The summed E-state index contributed by atoms with van der Waals surface area (Å²) in [6.07, 6.45) is 0. The fraction of sp³-hybridized carbons (Fsp3) is 0.286.